The van der Waals surface area contributed by atoms with Crippen LogP contribution >= 0.6 is 11.6 Å². The Kier molecular flexibility index (Phi) is 6.76. The summed E-state index contributed by atoms with van der Waals surface area (Å²) in [5, 5.41) is 6.78. The van der Waals surface area contributed by atoms with Crippen LogP contribution < -0.4 is 10.6 Å². The first kappa shape index (κ1) is 17.6. The van der Waals surface area contributed by atoms with Crippen molar-refractivity contribution in [2.75, 3.05) is 11.9 Å². The molecule has 0 aliphatic rings. The van der Waals surface area contributed by atoms with Crippen LogP contribution in [0.2, 0.25) is 5.02 Å². The predicted molar refractivity (Wildman–Crippen MR) is 91.2 cm³/mol. The minimum atomic E-state index is -0.180. The zero-order chi connectivity index (χ0) is 15.9. The van der Waals surface area contributed by atoms with Gasteiger partial charge >= 0.3 is 0 Å². The SMILES string of the molecule is C=CCNC(=O)c1c(Cl)cccc1NC(CC)(CC)CC. The van der Waals surface area contributed by atoms with E-state index in [9.17, 15) is 4.79 Å². The van der Waals surface area contributed by atoms with E-state index in [0.717, 1.165) is 24.9 Å². The number of hydrogen-bond donors (Lipinski definition) is 2. The van der Waals surface area contributed by atoms with Gasteiger partial charge in [-0.25, -0.2) is 0 Å². The summed E-state index contributed by atoms with van der Waals surface area (Å²) >= 11 is 6.23. The van der Waals surface area contributed by atoms with Crippen molar-refractivity contribution in [3.63, 3.8) is 0 Å². The Labute approximate surface area is 132 Å². The van der Waals surface area contributed by atoms with Crippen molar-refractivity contribution in [2.45, 2.75) is 45.6 Å². The van der Waals surface area contributed by atoms with Crippen molar-refractivity contribution in [3.05, 3.63) is 41.4 Å². The number of hydrogen-bond acceptors (Lipinski definition) is 2. The molecule has 0 saturated heterocycles. The maximum absolute atomic E-state index is 12.3. The van der Waals surface area contributed by atoms with Crippen LogP contribution in [0.3, 0.4) is 0 Å². The van der Waals surface area contributed by atoms with Gasteiger partial charge in [-0.2, -0.15) is 0 Å². The van der Waals surface area contributed by atoms with E-state index in [1.807, 2.05) is 12.1 Å². The maximum Gasteiger partial charge on any atom is 0.255 e. The fourth-order valence-electron chi connectivity index (χ4n) is 2.41. The van der Waals surface area contributed by atoms with Crippen LogP contribution in [0.4, 0.5) is 5.69 Å². The number of carbonyl (C=O) groups is 1. The molecule has 0 spiro atoms. The summed E-state index contributed by atoms with van der Waals surface area (Å²) < 4.78 is 0. The molecule has 21 heavy (non-hydrogen) atoms. The largest absolute Gasteiger partial charge is 0.379 e. The van der Waals surface area contributed by atoms with E-state index in [1.54, 1.807) is 12.1 Å². The minimum Gasteiger partial charge on any atom is -0.379 e. The molecule has 1 rings (SSSR count). The molecule has 0 aliphatic heterocycles. The van der Waals surface area contributed by atoms with Gasteiger partial charge in [-0.1, -0.05) is 44.5 Å². The van der Waals surface area contributed by atoms with Gasteiger partial charge in [0.2, 0.25) is 0 Å². The van der Waals surface area contributed by atoms with E-state index in [0.29, 0.717) is 17.1 Å². The molecule has 0 heterocycles. The first-order chi connectivity index (χ1) is 10.0. The summed E-state index contributed by atoms with van der Waals surface area (Å²) in [4.78, 5) is 12.3. The molecule has 4 heteroatoms. The standard InChI is InChI=1S/C17H25ClN2O/c1-5-12-19-16(21)15-13(18)10-9-11-14(15)20-17(6-2,7-3)8-4/h5,9-11,20H,1,6-8,12H2,2-4H3,(H,19,21). The fraction of sp³-hybridized carbons (Fsp3) is 0.471. The average molecular weight is 309 g/mol. The lowest BCUT2D eigenvalue weighted by atomic mass is 9.89. The highest BCUT2D eigenvalue weighted by Gasteiger charge is 2.26. The molecule has 0 fully saturated rings. The molecule has 1 amide bonds. The van der Waals surface area contributed by atoms with Crippen molar-refractivity contribution in [2.24, 2.45) is 0 Å². The van der Waals surface area contributed by atoms with Gasteiger partial charge in [-0.15, -0.1) is 6.58 Å². The summed E-state index contributed by atoms with van der Waals surface area (Å²) in [5.41, 5.74) is 1.27. The first-order valence-electron chi connectivity index (χ1n) is 7.49. The Morgan fingerprint density at radius 1 is 1.29 bits per heavy atom. The third-order valence-corrected chi connectivity index (χ3v) is 4.39. The fourth-order valence-corrected chi connectivity index (χ4v) is 2.67. The monoisotopic (exact) mass is 308 g/mol. The van der Waals surface area contributed by atoms with E-state index in [2.05, 4.69) is 38.0 Å². The number of nitrogens with one attached hydrogen (secondary N) is 2. The number of anilines is 1. The second kappa shape index (κ2) is 8.08. The Hall–Kier alpha value is -1.48. The van der Waals surface area contributed by atoms with E-state index in [-0.39, 0.29) is 11.4 Å². The second-order valence-corrected chi connectivity index (χ2v) is 5.53. The molecule has 1 aromatic carbocycles. The Bertz CT molecular complexity index is 487. The molecule has 3 nitrogen and oxygen atoms in total. The number of benzene rings is 1. The van der Waals surface area contributed by atoms with Gasteiger partial charge in [-0.3, -0.25) is 4.79 Å². The summed E-state index contributed by atoms with van der Waals surface area (Å²) in [7, 11) is 0. The van der Waals surface area contributed by atoms with Crippen molar-refractivity contribution >= 4 is 23.2 Å². The minimum absolute atomic E-state index is 0.0157. The van der Waals surface area contributed by atoms with Crippen molar-refractivity contribution in [1.29, 1.82) is 0 Å². The zero-order valence-electron chi connectivity index (χ0n) is 13.1. The quantitative estimate of drug-likeness (QED) is 0.687. The van der Waals surface area contributed by atoms with E-state index >= 15 is 0 Å². The van der Waals surface area contributed by atoms with Gasteiger partial charge in [0.05, 0.1) is 10.6 Å². The number of rotatable bonds is 8. The highest BCUT2D eigenvalue weighted by molar-refractivity contribution is 6.34. The van der Waals surface area contributed by atoms with Crippen LogP contribution in [-0.2, 0) is 0 Å². The molecular formula is C17H25ClN2O. The number of halogens is 1. The summed E-state index contributed by atoms with van der Waals surface area (Å²) in [5.74, 6) is -0.180. The van der Waals surface area contributed by atoms with E-state index in [4.69, 9.17) is 11.6 Å². The number of amides is 1. The van der Waals surface area contributed by atoms with Crippen LogP contribution in [-0.4, -0.2) is 18.0 Å². The van der Waals surface area contributed by atoms with Crippen LogP contribution in [0.1, 0.15) is 50.4 Å². The molecule has 0 aliphatic carbocycles. The summed E-state index contributed by atoms with van der Waals surface area (Å²) in [6.45, 7) is 10.5. The highest BCUT2D eigenvalue weighted by Crippen LogP contribution is 2.31. The third-order valence-electron chi connectivity index (χ3n) is 4.08. The van der Waals surface area contributed by atoms with Gasteiger partial charge in [0.1, 0.15) is 0 Å². The Morgan fingerprint density at radius 2 is 1.90 bits per heavy atom. The molecule has 1 aromatic rings. The first-order valence-corrected chi connectivity index (χ1v) is 7.87. The topological polar surface area (TPSA) is 41.1 Å². The van der Waals surface area contributed by atoms with Crippen molar-refractivity contribution in [3.8, 4) is 0 Å². The normalized spacial score (nSPS) is 11.0. The lowest BCUT2D eigenvalue weighted by Gasteiger charge is -2.34. The van der Waals surface area contributed by atoms with E-state index in [1.165, 1.54) is 0 Å². The predicted octanol–water partition coefficient (Wildman–Crippen LogP) is 4.64. The lowest BCUT2D eigenvalue weighted by Crippen LogP contribution is -2.37. The van der Waals surface area contributed by atoms with E-state index < -0.39 is 0 Å². The van der Waals surface area contributed by atoms with Crippen molar-refractivity contribution < 1.29 is 4.79 Å². The van der Waals surface area contributed by atoms with Gasteiger partial charge in [-0.05, 0) is 31.4 Å². The van der Waals surface area contributed by atoms with Crippen LogP contribution in [0, 0.1) is 0 Å². The van der Waals surface area contributed by atoms with Gasteiger partial charge < -0.3 is 10.6 Å². The van der Waals surface area contributed by atoms with Gasteiger partial charge in [0.15, 0.2) is 0 Å². The van der Waals surface area contributed by atoms with Crippen molar-refractivity contribution in [1.82, 2.24) is 5.32 Å². The highest BCUT2D eigenvalue weighted by atomic mass is 35.5. The molecule has 0 radical (unpaired) electrons. The van der Waals surface area contributed by atoms with Crippen LogP contribution in [0.15, 0.2) is 30.9 Å². The molecular weight excluding hydrogens is 284 g/mol. The maximum atomic E-state index is 12.3. The molecule has 0 atom stereocenters. The third kappa shape index (κ3) is 4.24. The van der Waals surface area contributed by atoms with Crippen LogP contribution in [0.5, 0.6) is 0 Å². The molecule has 0 unspecified atom stereocenters. The summed E-state index contributed by atoms with van der Waals surface area (Å²) in [6.07, 6.45) is 4.61. The average Bonchev–Trinajstić information content (AvgIpc) is 2.50. The molecule has 0 saturated carbocycles. The smallest absolute Gasteiger partial charge is 0.255 e. The Balaban J connectivity index is 3.15. The summed E-state index contributed by atoms with van der Waals surface area (Å²) in [6, 6.07) is 5.51. The molecule has 116 valence electrons. The van der Waals surface area contributed by atoms with Gasteiger partial charge in [0.25, 0.3) is 5.91 Å². The molecule has 2 N–H and O–H groups in total. The zero-order valence-corrected chi connectivity index (χ0v) is 13.9. The van der Waals surface area contributed by atoms with Crippen LogP contribution in [0.25, 0.3) is 0 Å². The number of carbonyl (C=O) groups excluding carboxylic acids is 1. The molecule has 0 bridgehead atoms. The Morgan fingerprint density at radius 3 is 2.43 bits per heavy atom. The second-order valence-electron chi connectivity index (χ2n) is 5.13. The van der Waals surface area contributed by atoms with Gasteiger partial charge in [0, 0.05) is 17.8 Å². The lowest BCUT2D eigenvalue weighted by molar-refractivity contribution is 0.0959. The molecule has 0 aromatic heterocycles.